The van der Waals surface area contributed by atoms with Gasteiger partial charge >= 0.3 is 23.9 Å². The second kappa shape index (κ2) is 10.3. The lowest BCUT2D eigenvalue weighted by atomic mass is 9.55. The number of carbonyl (C=O) groups excluding carboxylic acids is 4. The highest BCUT2D eigenvalue weighted by Crippen LogP contribution is 2.76. The van der Waals surface area contributed by atoms with E-state index in [0.29, 0.717) is 44.3 Å². The zero-order chi connectivity index (χ0) is 31.2. The minimum Gasteiger partial charge on any atom is -0.466 e. The van der Waals surface area contributed by atoms with Crippen molar-refractivity contribution >= 4 is 23.9 Å². The SMILES string of the molecule is C=C1C(=O)O[C@H]2C[C@H](C)[C@@]34C[C@]5(C(=O)OC6CC(C)=C([C@H](C)CCCOC(C)=O)[C@@H](O)C65)[C@@H](C(C)=C3C[C@H]12)C4OC(C)=O. The summed E-state index contributed by atoms with van der Waals surface area (Å²) < 4.78 is 23.3. The first-order valence-electron chi connectivity index (χ1n) is 15.7. The van der Waals surface area contributed by atoms with Gasteiger partial charge in [0.05, 0.1) is 18.1 Å². The molecule has 6 rings (SSSR count). The lowest BCUT2D eigenvalue weighted by Crippen LogP contribution is -2.50. The molecule has 2 aliphatic heterocycles. The Morgan fingerprint density at radius 1 is 1.09 bits per heavy atom. The van der Waals surface area contributed by atoms with Crippen LogP contribution in [0.15, 0.2) is 34.4 Å². The summed E-state index contributed by atoms with van der Waals surface area (Å²) in [5, 5.41) is 12.2. The summed E-state index contributed by atoms with van der Waals surface area (Å²) in [5.41, 5.74) is 2.89. The van der Waals surface area contributed by atoms with Gasteiger partial charge in [0, 0.05) is 49.0 Å². The molecule has 2 saturated heterocycles. The highest BCUT2D eigenvalue weighted by molar-refractivity contribution is 5.91. The molecule has 2 bridgehead atoms. The van der Waals surface area contributed by atoms with Crippen LogP contribution >= 0.6 is 0 Å². The van der Waals surface area contributed by atoms with Crippen molar-refractivity contribution in [3.05, 3.63) is 34.4 Å². The zero-order valence-corrected chi connectivity index (χ0v) is 26.1. The van der Waals surface area contributed by atoms with Crippen molar-refractivity contribution in [2.75, 3.05) is 6.61 Å². The van der Waals surface area contributed by atoms with E-state index in [-0.39, 0.29) is 41.8 Å². The van der Waals surface area contributed by atoms with Crippen LogP contribution in [0.3, 0.4) is 0 Å². The second-order valence-electron chi connectivity index (χ2n) is 14.1. The van der Waals surface area contributed by atoms with Gasteiger partial charge in [0.25, 0.3) is 0 Å². The van der Waals surface area contributed by atoms with E-state index in [4.69, 9.17) is 18.9 Å². The Bertz CT molecular complexity index is 1360. The molecule has 9 heteroatoms. The van der Waals surface area contributed by atoms with Crippen molar-refractivity contribution in [3.63, 3.8) is 0 Å². The first kappa shape index (κ1) is 30.1. The third-order valence-corrected chi connectivity index (χ3v) is 12.0. The summed E-state index contributed by atoms with van der Waals surface area (Å²) in [5.74, 6) is -2.51. The Hall–Kier alpha value is -2.94. The van der Waals surface area contributed by atoms with Crippen LogP contribution in [0.4, 0.5) is 0 Å². The molecule has 0 aromatic carbocycles. The lowest BCUT2D eigenvalue weighted by Gasteiger charge is -2.45. The Labute approximate surface area is 253 Å². The number of fused-ring (bicyclic) bond motifs is 5. The van der Waals surface area contributed by atoms with Gasteiger partial charge < -0.3 is 24.1 Å². The molecule has 234 valence electrons. The van der Waals surface area contributed by atoms with Gasteiger partial charge in [-0.25, -0.2) is 4.79 Å². The summed E-state index contributed by atoms with van der Waals surface area (Å²) in [4.78, 5) is 50.6. The first-order valence-corrected chi connectivity index (χ1v) is 15.7. The van der Waals surface area contributed by atoms with E-state index in [1.54, 1.807) is 0 Å². The first-order chi connectivity index (χ1) is 20.2. The lowest BCUT2D eigenvalue weighted by molar-refractivity contribution is -0.156. The average molecular weight is 597 g/mol. The summed E-state index contributed by atoms with van der Waals surface area (Å²) in [6.07, 6.45) is 1.25. The van der Waals surface area contributed by atoms with Gasteiger partial charge in [-0.2, -0.15) is 0 Å². The number of aliphatic hydroxyl groups is 1. The van der Waals surface area contributed by atoms with Crippen LogP contribution in [0.5, 0.6) is 0 Å². The molecule has 2 saturated carbocycles. The smallest absolute Gasteiger partial charge is 0.334 e. The van der Waals surface area contributed by atoms with E-state index in [1.165, 1.54) is 13.8 Å². The maximum Gasteiger partial charge on any atom is 0.334 e. The maximum absolute atomic E-state index is 14.2. The summed E-state index contributed by atoms with van der Waals surface area (Å²) in [6, 6.07) is 0. The molecule has 43 heavy (non-hydrogen) atoms. The Balaban J connectivity index is 1.40. The van der Waals surface area contributed by atoms with Gasteiger partial charge in [-0.1, -0.05) is 37.1 Å². The van der Waals surface area contributed by atoms with E-state index >= 15 is 0 Å². The third-order valence-electron chi connectivity index (χ3n) is 12.0. The van der Waals surface area contributed by atoms with Crippen molar-refractivity contribution in [1.29, 1.82) is 0 Å². The van der Waals surface area contributed by atoms with Gasteiger partial charge in [-0.15, -0.1) is 0 Å². The molecule has 11 atom stereocenters. The summed E-state index contributed by atoms with van der Waals surface area (Å²) in [6.45, 7) is 15.4. The molecule has 2 spiro atoms. The van der Waals surface area contributed by atoms with Gasteiger partial charge in [0.15, 0.2) is 0 Å². The third kappa shape index (κ3) is 4.12. The molecule has 4 aliphatic carbocycles. The molecule has 4 fully saturated rings. The fraction of sp³-hybridized carbons (Fsp3) is 0.706. The van der Waals surface area contributed by atoms with Crippen molar-refractivity contribution in [2.45, 2.75) is 104 Å². The topological polar surface area (TPSA) is 125 Å². The number of esters is 4. The van der Waals surface area contributed by atoms with Crippen LogP contribution in [-0.2, 0) is 38.1 Å². The fourth-order valence-electron chi connectivity index (χ4n) is 10.4. The molecular weight excluding hydrogens is 552 g/mol. The van der Waals surface area contributed by atoms with Crippen molar-refractivity contribution in [1.82, 2.24) is 0 Å². The van der Waals surface area contributed by atoms with Crippen LogP contribution in [0.25, 0.3) is 0 Å². The van der Waals surface area contributed by atoms with Gasteiger partial charge in [0.2, 0.25) is 0 Å². The monoisotopic (exact) mass is 596 g/mol. The maximum atomic E-state index is 14.2. The minimum atomic E-state index is -1.05. The van der Waals surface area contributed by atoms with Gasteiger partial charge in [0.1, 0.15) is 18.3 Å². The molecule has 2 heterocycles. The number of hydrogen-bond acceptors (Lipinski definition) is 9. The molecule has 1 N–H and O–H groups in total. The molecule has 9 nitrogen and oxygen atoms in total. The normalized spacial score (nSPS) is 41.9. The Kier molecular flexibility index (Phi) is 7.22. The number of carbonyl (C=O) groups is 4. The predicted octanol–water partition coefficient (Wildman–Crippen LogP) is 4.37. The predicted molar refractivity (Wildman–Crippen MR) is 154 cm³/mol. The molecule has 6 aliphatic rings. The van der Waals surface area contributed by atoms with Crippen LogP contribution in [0, 0.1) is 40.4 Å². The van der Waals surface area contributed by atoms with E-state index in [9.17, 15) is 24.3 Å². The van der Waals surface area contributed by atoms with Crippen LogP contribution in [-0.4, -0.2) is 60.0 Å². The summed E-state index contributed by atoms with van der Waals surface area (Å²) in [7, 11) is 0. The van der Waals surface area contributed by atoms with Crippen LogP contribution in [0.1, 0.15) is 80.1 Å². The van der Waals surface area contributed by atoms with Crippen LogP contribution < -0.4 is 0 Å². The molecule has 0 radical (unpaired) electrons. The van der Waals surface area contributed by atoms with E-state index in [1.807, 2.05) is 13.8 Å². The number of rotatable bonds is 6. The molecular formula is C34H44O9. The van der Waals surface area contributed by atoms with E-state index in [2.05, 4.69) is 20.4 Å². The molecule has 0 aromatic heterocycles. The molecule has 0 amide bonds. The molecule has 3 unspecified atom stereocenters. The van der Waals surface area contributed by atoms with Gasteiger partial charge in [-0.3, -0.25) is 14.4 Å². The van der Waals surface area contributed by atoms with E-state index in [0.717, 1.165) is 28.7 Å². The minimum absolute atomic E-state index is 0.0179. The quantitative estimate of drug-likeness (QED) is 0.156. The Morgan fingerprint density at radius 2 is 1.81 bits per heavy atom. The standard InChI is InChI=1S/C34H44O9/c1-15(9-8-10-40-20(6)35)26-16(2)11-25-28(29(26)37)34(32(39)43-25)14-33-17(3)12-24-22(18(4)31(38)42-24)13-23(33)19(5)27(34)30(33)41-21(7)36/h15,17,22,24-25,27-30,37H,4,8-14H2,1-3,5-7H3/t15-,17+,22-,24+,25?,27+,28?,29-,30?,33+,34+/m1/s1. The summed E-state index contributed by atoms with van der Waals surface area (Å²) >= 11 is 0. The van der Waals surface area contributed by atoms with Crippen molar-refractivity contribution in [3.8, 4) is 0 Å². The van der Waals surface area contributed by atoms with Crippen molar-refractivity contribution < 1.29 is 43.2 Å². The van der Waals surface area contributed by atoms with Gasteiger partial charge in [-0.05, 0) is 63.4 Å². The van der Waals surface area contributed by atoms with Crippen molar-refractivity contribution in [2.24, 2.45) is 40.4 Å². The number of ether oxygens (including phenoxy) is 4. The Morgan fingerprint density at radius 3 is 2.49 bits per heavy atom. The highest BCUT2D eigenvalue weighted by atomic mass is 16.6. The largest absolute Gasteiger partial charge is 0.466 e. The highest BCUT2D eigenvalue weighted by Gasteiger charge is 2.79. The number of hydrogen-bond donors (Lipinski definition) is 1. The zero-order valence-electron chi connectivity index (χ0n) is 26.1. The average Bonchev–Trinajstić information content (AvgIpc) is 3.49. The molecule has 0 aromatic rings. The fourth-order valence-corrected chi connectivity index (χ4v) is 10.4. The van der Waals surface area contributed by atoms with Crippen LogP contribution in [0.2, 0.25) is 0 Å². The second-order valence-corrected chi connectivity index (χ2v) is 14.1. The van der Waals surface area contributed by atoms with E-state index < -0.39 is 46.9 Å². The number of aliphatic hydroxyl groups excluding tert-OH is 1.